The Morgan fingerprint density at radius 1 is 1.12 bits per heavy atom. The van der Waals surface area contributed by atoms with Gasteiger partial charge in [0.1, 0.15) is 0 Å². The maximum Gasteiger partial charge on any atom is 0.0725 e. The Balaban J connectivity index is 2.53. The van der Waals surface area contributed by atoms with Crippen LogP contribution in [0.15, 0.2) is 0 Å². The second kappa shape index (κ2) is 6.61. The van der Waals surface area contributed by atoms with Crippen LogP contribution in [0.2, 0.25) is 0 Å². The molecule has 2 N–H and O–H groups in total. The molecule has 2 heteroatoms. The highest BCUT2D eigenvalue weighted by Crippen LogP contribution is 2.35. The van der Waals surface area contributed by atoms with Crippen molar-refractivity contribution in [2.75, 3.05) is 6.61 Å². The molecule has 2 nitrogen and oxygen atoms in total. The van der Waals surface area contributed by atoms with Crippen molar-refractivity contribution in [2.24, 2.45) is 23.5 Å². The molecule has 0 aromatic heterocycles. The highest BCUT2D eigenvalue weighted by Gasteiger charge is 2.31. The third-order valence-corrected chi connectivity index (χ3v) is 3.97. The first-order valence-electron chi connectivity index (χ1n) is 6.95. The Kier molecular flexibility index (Phi) is 5.77. The minimum atomic E-state index is 0.232. The Morgan fingerprint density at radius 2 is 1.69 bits per heavy atom. The van der Waals surface area contributed by atoms with Crippen molar-refractivity contribution in [1.29, 1.82) is 0 Å². The number of ether oxygens (including phenoxy) is 1. The third-order valence-electron chi connectivity index (χ3n) is 3.97. The molecule has 0 heterocycles. The lowest BCUT2D eigenvalue weighted by molar-refractivity contribution is 0.0140. The molecular formula is C14H29NO. The summed E-state index contributed by atoms with van der Waals surface area (Å²) in [5.74, 6) is 2.33. The summed E-state index contributed by atoms with van der Waals surface area (Å²) in [5, 5.41) is 0. The first-order chi connectivity index (χ1) is 7.58. The van der Waals surface area contributed by atoms with Gasteiger partial charge in [-0.05, 0) is 50.4 Å². The van der Waals surface area contributed by atoms with Crippen LogP contribution in [0.4, 0.5) is 0 Å². The van der Waals surface area contributed by atoms with Crippen LogP contribution in [-0.2, 0) is 4.74 Å². The molecule has 0 radical (unpaired) electrons. The molecule has 0 aromatic rings. The average Bonchev–Trinajstić information content (AvgIpc) is 2.23. The molecule has 1 fully saturated rings. The first-order valence-corrected chi connectivity index (χ1v) is 6.95. The van der Waals surface area contributed by atoms with Gasteiger partial charge < -0.3 is 10.5 Å². The van der Waals surface area contributed by atoms with Crippen molar-refractivity contribution in [1.82, 2.24) is 0 Å². The van der Waals surface area contributed by atoms with Crippen molar-refractivity contribution in [3.05, 3.63) is 0 Å². The van der Waals surface area contributed by atoms with Crippen molar-refractivity contribution in [3.8, 4) is 0 Å². The molecule has 0 bridgehead atoms. The van der Waals surface area contributed by atoms with Gasteiger partial charge in [0.15, 0.2) is 0 Å². The zero-order valence-electron chi connectivity index (χ0n) is 11.4. The smallest absolute Gasteiger partial charge is 0.0725 e. The predicted molar refractivity (Wildman–Crippen MR) is 69.3 cm³/mol. The van der Waals surface area contributed by atoms with Crippen molar-refractivity contribution in [2.45, 2.75) is 65.5 Å². The molecule has 4 atom stereocenters. The van der Waals surface area contributed by atoms with Crippen LogP contribution < -0.4 is 5.73 Å². The number of hydrogen-bond acceptors (Lipinski definition) is 2. The van der Waals surface area contributed by atoms with Crippen molar-refractivity contribution >= 4 is 0 Å². The standard InChI is InChI=1S/C14H29NO/c1-5-13(16-6-2)14(15)12-8-10(3)7-11(4)9-12/h10-14H,5-9,15H2,1-4H3. The van der Waals surface area contributed by atoms with Crippen molar-refractivity contribution in [3.63, 3.8) is 0 Å². The van der Waals surface area contributed by atoms with Gasteiger partial charge in [-0.1, -0.05) is 20.8 Å². The highest BCUT2D eigenvalue weighted by atomic mass is 16.5. The molecule has 16 heavy (non-hydrogen) atoms. The molecule has 0 aromatic carbocycles. The minimum Gasteiger partial charge on any atom is -0.377 e. The number of nitrogens with two attached hydrogens (primary N) is 1. The van der Waals surface area contributed by atoms with Crippen molar-refractivity contribution < 1.29 is 4.74 Å². The summed E-state index contributed by atoms with van der Waals surface area (Å²) in [7, 11) is 0. The van der Waals surface area contributed by atoms with E-state index in [1.165, 1.54) is 19.3 Å². The normalized spacial score (nSPS) is 34.7. The Labute approximate surface area is 101 Å². The van der Waals surface area contributed by atoms with E-state index in [0.29, 0.717) is 5.92 Å². The lowest BCUT2D eigenvalue weighted by atomic mass is 9.72. The van der Waals surface area contributed by atoms with E-state index in [9.17, 15) is 0 Å². The Morgan fingerprint density at radius 3 is 2.12 bits per heavy atom. The molecule has 0 spiro atoms. The molecule has 0 amide bonds. The molecule has 96 valence electrons. The zero-order valence-corrected chi connectivity index (χ0v) is 11.4. The van der Waals surface area contributed by atoms with Crippen LogP contribution in [0.25, 0.3) is 0 Å². The van der Waals surface area contributed by atoms with Gasteiger partial charge in [0.2, 0.25) is 0 Å². The molecular weight excluding hydrogens is 198 g/mol. The average molecular weight is 227 g/mol. The first kappa shape index (κ1) is 14.0. The van der Waals surface area contributed by atoms with Crippen LogP contribution in [0, 0.1) is 17.8 Å². The second-order valence-electron chi connectivity index (χ2n) is 5.66. The fourth-order valence-corrected chi connectivity index (χ4v) is 3.34. The summed E-state index contributed by atoms with van der Waals surface area (Å²) in [4.78, 5) is 0. The van der Waals surface area contributed by atoms with Crippen LogP contribution in [0.5, 0.6) is 0 Å². The number of rotatable bonds is 5. The summed E-state index contributed by atoms with van der Waals surface area (Å²) >= 11 is 0. The monoisotopic (exact) mass is 227 g/mol. The third kappa shape index (κ3) is 3.74. The van der Waals surface area contributed by atoms with E-state index in [4.69, 9.17) is 10.5 Å². The largest absolute Gasteiger partial charge is 0.377 e. The quantitative estimate of drug-likeness (QED) is 0.783. The SMILES string of the molecule is CCOC(CC)C(N)C1CC(C)CC(C)C1. The summed E-state index contributed by atoms with van der Waals surface area (Å²) in [6, 6.07) is 0.232. The predicted octanol–water partition coefficient (Wildman–Crippen LogP) is 3.20. The van der Waals surface area contributed by atoms with Gasteiger partial charge in [-0.25, -0.2) is 0 Å². The Bertz CT molecular complexity index is 185. The van der Waals surface area contributed by atoms with Crippen LogP contribution in [-0.4, -0.2) is 18.8 Å². The van der Waals surface area contributed by atoms with Gasteiger partial charge in [0, 0.05) is 12.6 Å². The van der Waals surface area contributed by atoms with Gasteiger partial charge in [0.25, 0.3) is 0 Å². The molecule has 4 unspecified atom stereocenters. The summed E-state index contributed by atoms with van der Waals surface area (Å²) in [6.07, 6.45) is 5.24. The second-order valence-corrected chi connectivity index (χ2v) is 5.66. The van der Waals surface area contributed by atoms with E-state index in [0.717, 1.165) is 24.9 Å². The summed E-state index contributed by atoms with van der Waals surface area (Å²) < 4.78 is 5.75. The minimum absolute atomic E-state index is 0.232. The van der Waals surface area contributed by atoms with E-state index < -0.39 is 0 Å². The number of hydrogen-bond donors (Lipinski definition) is 1. The molecule has 1 aliphatic carbocycles. The van der Waals surface area contributed by atoms with Gasteiger partial charge in [-0.2, -0.15) is 0 Å². The van der Waals surface area contributed by atoms with E-state index in [-0.39, 0.29) is 12.1 Å². The Hall–Kier alpha value is -0.0800. The topological polar surface area (TPSA) is 35.2 Å². The van der Waals surface area contributed by atoms with E-state index >= 15 is 0 Å². The maximum absolute atomic E-state index is 6.39. The van der Waals surface area contributed by atoms with Crippen LogP contribution >= 0.6 is 0 Å². The summed E-state index contributed by atoms with van der Waals surface area (Å²) in [6.45, 7) is 9.73. The molecule has 0 saturated heterocycles. The van der Waals surface area contributed by atoms with E-state index in [2.05, 4.69) is 27.7 Å². The lowest BCUT2D eigenvalue weighted by Gasteiger charge is -2.37. The van der Waals surface area contributed by atoms with Crippen LogP contribution in [0.1, 0.15) is 53.4 Å². The molecule has 0 aliphatic heterocycles. The van der Waals surface area contributed by atoms with Gasteiger partial charge in [-0.3, -0.25) is 0 Å². The maximum atomic E-state index is 6.39. The fourth-order valence-electron chi connectivity index (χ4n) is 3.34. The molecule has 1 rings (SSSR count). The molecule has 1 saturated carbocycles. The molecule has 1 aliphatic rings. The highest BCUT2D eigenvalue weighted by molar-refractivity contribution is 4.86. The van der Waals surface area contributed by atoms with E-state index in [1.807, 2.05) is 0 Å². The fraction of sp³-hybridized carbons (Fsp3) is 1.00. The van der Waals surface area contributed by atoms with Gasteiger partial charge >= 0.3 is 0 Å². The zero-order chi connectivity index (χ0) is 12.1. The lowest BCUT2D eigenvalue weighted by Crippen LogP contribution is -2.45. The summed E-state index contributed by atoms with van der Waals surface area (Å²) in [5.41, 5.74) is 6.39. The van der Waals surface area contributed by atoms with Gasteiger partial charge in [0.05, 0.1) is 6.10 Å². The van der Waals surface area contributed by atoms with Crippen LogP contribution in [0.3, 0.4) is 0 Å². The van der Waals surface area contributed by atoms with Gasteiger partial charge in [-0.15, -0.1) is 0 Å². The van der Waals surface area contributed by atoms with E-state index in [1.54, 1.807) is 0 Å².